The van der Waals surface area contributed by atoms with Gasteiger partial charge in [-0.1, -0.05) is 43.8 Å². The van der Waals surface area contributed by atoms with Crippen LogP contribution >= 0.6 is 0 Å². The van der Waals surface area contributed by atoms with E-state index in [1.807, 2.05) is 37.3 Å². The van der Waals surface area contributed by atoms with Crippen molar-refractivity contribution in [2.45, 2.75) is 25.5 Å². The summed E-state index contributed by atoms with van der Waals surface area (Å²) < 4.78 is 4.60. The summed E-state index contributed by atoms with van der Waals surface area (Å²) in [5.74, 6) is -1.68. The SMILES string of the molecule is C=C(C(=O)OC)[C@H](C)[C@]1(O)CN([C@@H](C)c2ccccc2)C1=O. The third-order valence-electron chi connectivity index (χ3n) is 4.48. The molecule has 118 valence electrons. The molecule has 0 aliphatic carbocycles. The van der Waals surface area contributed by atoms with Gasteiger partial charge in [-0.15, -0.1) is 0 Å². The van der Waals surface area contributed by atoms with E-state index in [-0.39, 0.29) is 24.1 Å². The zero-order chi connectivity index (χ0) is 16.5. The van der Waals surface area contributed by atoms with E-state index >= 15 is 0 Å². The number of likely N-dealkylation sites (tertiary alicyclic amines) is 1. The van der Waals surface area contributed by atoms with Crippen LogP contribution in [0.1, 0.15) is 25.5 Å². The van der Waals surface area contributed by atoms with Crippen LogP contribution in [0.4, 0.5) is 0 Å². The molecule has 1 N–H and O–H groups in total. The van der Waals surface area contributed by atoms with E-state index in [2.05, 4.69) is 11.3 Å². The van der Waals surface area contributed by atoms with Gasteiger partial charge in [0.1, 0.15) is 0 Å². The lowest BCUT2D eigenvalue weighted by Gasteiger charge is -2.51. The van der Waals surface area contributed by atoms with Gasteiger partial charge in [0, 0.05) is 11.5 Å². The van der Waals surface area contributed by atoms with E-state index in [4.69, 9.17) is 0 Å². The van der Waals surface area contributed by atoms with Crippen molar-refractivity contribution in [3.63, 3.8) is 0 Å². The predicted molar refractivity (Wildman–Crippen MR) is 81.8 cm³/mol. The standard InChI is InChI=1S/C17H21NO4/c1-11(15(19)22-4)12(2)17(21)10-18(16(17)20)13(3)14-8-6-5-7-9-14/h5-9,12-13,21H,1,10H2,2-4H3/t12-,13-,17+/m0/s1. The molecule has 0 aromatic heterocycles. The normalized spacial score (nSPS) is 23.5. The minimum atomic E-state index is -1.59. The molecule has 0 spiro atoms. The topological polar surface area (TPSA) is 66.8 Å². The predicted octanol–water partition coefficient (Wildman–Crippen LogP) is 1.69. The summed E-state index contributed by atoms with van der Waals surface area (Å²) in [6.07, 6.45) is 0. The highest BCUT2D eigenvalue weighted by molar-refractivity contribution is 5.96. The molecule has 2 rings (SSSR count). The highest BCUT2D eigenvalue weighted by atomic mass is 16.5. The summed E-state index contributed by atoms with van der Waals surface area (Å²) in [6, 6.07) is 9.46. The lowest BCUT2D eigenvalue weighted by Crippen LogP contribution is -2.70. The molecule has 1 saturated heterocycles. The number of rotatable bonds is 5. The Hall–Kier alpha value is -2.14. The van der Waals surface area contributed by atoms with Crippen LogP contribution in [0.15, 0.2) is 42.5 Å². The number of carbonyl (C=O) groups excluding carboxylic acids is 2. The fourth-order valence-corrected chi connectivity index (χ4v) is 2.70. The first-order valence-electron chi connectivity index (χ1n) is 7.18. The van der Waals surface area contributed by atoms with Crippen LogP contribution in [0, 0.1) is 5.92 Å². The second-order valence-electron chi connectivity index (χ2n) is 5.68. The molecule has 5 nitrogen and oxygen atoms in total. The number of hydrogen-bond donors (Lipinski definition) is 1. The van der Waals surface area contributed by atoms with E-state index in [9.17, 15) is 14.7 Å². The molecule has 1 aliphatic rings. The van der Waals surface area contributed by atoms with Crippen LogP contribution in [0.2, 0.25) is 0 Å². The molecule has 0 saturated carbocycles. The van der Waals surface area contributed by atoms with E-state index in [0.717, 1.165) is 5.56 Å². The Morgan fingerprint density at radius 1 is 1.36 bits per heavy atom. The Labute approximate surface area is 130 Å². The second kappa shape index (κ2) is 5.93. The van der Waals surface area contributed by atoms with E-state index in [0.29, 0.717) is 0 Å². The number of methoxy groups -OCH3 is 1. The average Bonchev–Trinajstić information content (AvgIpc) is 2.56. The first kappa shape index (κ1) is 16.2. The minimum Gasteiger partial charge on any atom is -0.466 e. The molecule has 1 amide bonds. The van der Waals surface area contributed by atoms with Gasteiger partial charge in [0.25, 0.3) is 5.91 Å². The molecule has 0 radical (unpaired) electrons. The third kappa shape index (κ3) is 2.52. The molecule has 1 fully saturated rings. The molecule has 0 bridgehead atoms. The molecule has 0 unspecified atom stereocenters. The lowest BCUT2D eigenvalue weighted by molar-refractivity contribution is -0.187. The zero-order valence-electron chi connectivity index (χ0n) is 13.1. The van der Waals surface area contributed by atoms with Gasteiger partial charge in [0.15, 0.2) is 5.60 Å². The van der Waals surface area contributed by atoms with Gasteiger partial charge >= 0.3 is 5.97 Å². The van der Waals surface area contributed by atoms with Gasteiger partial charge in [-0.25, -0.2) is 4.79 Å². The highest BCUT2D eigenvalue weighted by Crippen LogP contribution is 2.39. The van der Waals surface area contributed by atoms with Crippen molar-refractivity contribution in [2.24, 2.45) is 5.92 Å². The molecular formula is C17H21NO4. The molecule has 1 aromatic rings. The number of aliphatic hydroxyl groups is 1. The quantitative estimate of drug-likeness (QED) is 0.510. The summed E-state index contributed by atoms with van der Waals surface area (Å²) >= 11 is 0. The van der Waals surface area contributed by atoms with Gasteiger partial charge < -0.3 is 14.7 Å². The number of ether oxygens (including phenoxy) is 1. The van der Waals surface area contributed by atoms with Crippen molar-refractivity contribution in [2.75, 3.05) is 13.7 Å². The first-order chi connectivity index (χ1) is 10.3. The zero-order valence-corrected chi connectivity index (χ0v) is 13.1. The fourth-order valence-electron chi connectivity index (χ4n) is 2.70. The maximum atomic E-state index is 12.4. The number of β-amino-alcohol motifs (C(OH)–C–C–N with tert-alkyl or cyclic N) is 1. The van der Waals surface area contributed by atoms with Gasteiger partial charge in [-0.3, -0.25) is 4.79 Å². The number of benzene rings is 1. The highest BCUT2D eigenvalue weighted by Gasteiger charge is 2.57. The van der Waals surface area contributed by atoms with Crippen molar-refractivity contribution >= 4 is 11.9 Å². The largest absolute Gasteiger partial charge is 0.466 e. The smallest absolute Gasteiger partial charge is 0.333 e. The molecule has 22 heavy (non-hydrogen) atoms. The van der Waals surface area contributed by atoms with Crippen LogP contribution in [-0.4, -0.2) is 41.1 Å². The fraction of sp³-hybridized carbons (Fsp3) is 0.412. The summed E-state index contributed by atoms with van der Waals surface area (Å²) in [6.45, 7) is 7.32. The Morgan fingerprint density at radius 3 is 2.45 bits per heavy atom. The van der Waals surface area contributed by atoms with Crippen LogP contribution in [0.25, 0.3) is 0 Å². The number of nitrogens with zero attached hydrogens (tertiary/aromatic N) is 1. The van der Waals surface area contributed by atoms with Gasteiger partial charge in [0.05, 0.1) is 19.7 Å². The maximum Gasteiger partial charge on any atom is 0.333 e. The van der Waals surface area contributed by atoms with Gasteiger partial charge in [-0.05, 0) is 12.5 Å². The van der Waals surface area contributed by atoms with Gasteiger partial charge in [0.2, 0.25) is 0 Å². The summed E-state index contributed by atoms with van der Waals surface area (Å²) in [4.78, 5) is 25.6. The maximum absolute atomic E-state index is 12.4. The van der Waals surface area contributed by atoms with Crippen LogP contribution in [-0.2, 0) is 14.3 Å². The van der Waals surface area contributed by atoms with Crippen molar-refractivity contribution in [1.29, 1.82) is 0 Å². The average molecular weight is 303 g/mol. The van der Waals surface area contributed by atoms with Gasteiger partial charge in [-0.2, -0.15) is 0 Å². The summed E-state index contributed by atoms with van der Waals surface area (Å²) in [7, 11) is 1.25. The second-order valence-corrected chi connectivity index (χ2v) is 5.68. The number of carbonyl (C=O) groups is 2. The third-order valence-corrected chi connectivity index (χ3v) is 4.48. The minimum absolute atomic E-state index is 0.102. The number of esters is 1. The number of β-lactam (4-membered cyclic amide) rings is 1. The molecular weight excluding hydrogens is 282 g/mol. The lowest BCUT2D eigenvalue weighted by atomic mass is 9.76. The molecule has 1 aromatic carbocycles. The molecule has 5 heteroatoms. The van der Waals surface area contributed by atoms with Crippen molar-refractivity contribution in [3.05, 3.63) is 48.0 Å². The Balaban J connectivity index is 2.11. The summed E-state index contributed by atoms with van der Waals surface area (Å²) in [5, 5.41) is 10.6. The van der Waals surface area contributed by atoms with E-state index < -0.39 is 17.5 Å². The Kier molecular flexibility index (Phi) is 4.37. The van der Waals surface area contributed by atoms with E-state index in [1.165, 1.54) is 7.11 Å². The van der Waals surface area contributed by atoms with Crippen LogP contribution in [0.3, 0.4) is 0 Å². The van der Waals surface area contributed by atoms with Crippen molar-refractivity contribution in [3.8, 4) is 0 Å². The number of amides is 1. The molecule has 3 atom stereocenters. The number of hydrogen-bond acceptors (Lipinski definition) is 4. The van der Waals surface area contributed by atoms with Crippen LogP contribution < -0.4 is 0 Å². The van der Waals surface area contributed by atoms with Crippen molar-refractivity contribution in [1.82, 2.24) is 4.90 Å². The molecule has 1 aliphatic heterocycles. The van der Waals surface area contributed by atoms with E-state index in [1.54, 1.807) is 11.8 Å². The van der Waals surface area contributed by atoms with Crippen molar-refractivity contribution < 1.29 is 19.4 Å². The monoisotopic (exact) mass is 303 g/mol. The molecule has 1 heterocycles. The first-order valence-corrected chi connectivity index (χ1v) is 7.18. The summed E-state index contributed by atoms with van der Waals surface area (Å²) in [5.41, 5.74) is -0.489. The Morgan fingerprint density at radius 2 is 1.95 bits per heavy atom. The van der Waals surface area contributed by atoms with Crippen LogP contribution in [0.5, 0.6) is 0 Å². The Bertz CT molecular complexity index is 598.